The lowest BCUT2D eigenvalue weighted by Gasteiger charge is -2.15. The summed E-state index contributed by atoms with van der Waals surface area (Å²) in [5, 5.41) is 5.45. The summed E-state index contributed by atoms with van der Waals surface area (Å²) in [6.07, 6.45) is 0. The quantitative estimate of drug-likeness (QED) is 0.572. The molecule has 0 radical (unpaired) electrons. The van der Waals surface area contributed by atoms with Crippen LogP contribution in [0.3, 0.4) is 0 Å². The van der Waals surface area contributed by atoms with Gasteiger partial charge < -0.3 is 15.8 Å². The molecule has 3 N–H and O–H groups in total. The average molecular weight is 319 g/mol. The van der Waals surface area contributed by atoms with Crippen molar-refractivity contribution in [3.8, 4) is 0 Å². The largest absolute Gasteiger partial charge is 0.376 e. The van der Waals surface area contributed by atoms with Crippen molar-refractivity contribution in [2.45, 2.75) is 13.0 Å². The minimum absolute atomic E-state index is 0.208. The highest BCUT2D eigenvalue weighted by molar-refractivity contribution is 9.10. The Morgan fingerprint density at radius 1 is 1.71 bits per heavy atom. The van der Waals surface area contributed by atoms with E-state index in [0.29, 0.717) is 19.8 Å². The second kappa shape index (κ2) is 8.00. The van der Waals surface area contributed by atoms with Crippen molar-refractivity contribution < 1.29 is 4.74 Å². The molecule has 0 spiro atoms. The van der Waals surface area contributed by atoms with Crippen molar-refractivity contribution >= 4 is 27.3 Å². The van der Waals surface area contributed by atoms with E-state index in [4.69, 9.17) is 10.5 Å². The van der Waals surface area contributed by atoms with E-state index in [9.17, 15) is 0 Å². The minimum Gasteiger partial charge on any atom is -0.376 e. The first-order valence-corrected chi connectivity index (χ1v) is 7.20. The monoisotopic (exact) mass is 318 g/mol. The molecule has 0 aliphatic carbocycles. The molecule has 1 heterocycles. The van der Waals surface area contributed by atoms with Crippen molar-refractivity contribution in [3.63, 3.8) is 0 Å². The molecule has 3 nitrogen and oxygen atoms in total. The second-order valence-electron chi connectivity index (χ2n) is 3.92. The van der Waals surface area contributed by atoms with Gasteiger partial charge in [0.25, 0.3) is 0 Å². The maximum absolute atomic E-state index is 5.75. The van der Waals surface area contributed by atoms with Crippen molar-refractivity contribution in [3.05, 3.63) is 32.9 Å². The van der Waals surface area contributed by atoms with Crippen LogP contribution in [0.25, 0.3) is 0 Å². The smallest absolute Gasteiger partial charge is 0.0672 e. The van der Waals surface area contributed by atoms with Crippen LogP contribution in [0, 0.1) is 0 Å². The van der Waals surface area contributed by atoms with Gasteiger partial charge in [-0.05, 0) is 28.9 Å². The molecular weight excluding hydrogens is 300 g/mol. The Labute approximate surface area is 115 Å². The first-order valence-electron chi connectivity index (χ1n) is 5.53. The van der Waals surface area contributed by atoms with Gasteiger partial charge in [-0.15, -0.1) is 11.3 Å². The van der Waals surface area contributed by atoms with E-state index in [-0.39, 0.29) is 6.04 Å². The summed E-state index contributed by atoms with van der Waals surface area (Å²) >= 11 is 5.15. The van der Waals surface area contributed by atoms with E-state index in [2.05, 4.69) is 39.3 Å². The molecule has 5 heteroatoms. The number of rotatable bonds is 8. The van der Waals surface area contributed by atoms with E-state index in [0.717, 1.165) is 16.6 Å². The van der Waals surface area contributed by atoms with E-state index < -0.39 is 0 Å². The molecular formula is C12H19BrN2OS. The number of hydrogen-bond donors (Lipinski definition) is 2. The molecule has 0 fully saturated rings. The molecule has 0 aliphatic heterocycles. The number of nitrogens with one attached hydrogen (secondary N) is 1. The molecule has 1 aromatic heterocycles. The SMILES string of the molecule is C=C(C)COCCNC(CN)c1cc(Br)cs1. The molecule has 1 unspecified atom stereocenters. The van der Waals surface area contributed by atoms with Crippen molar-refractivity contribution in [2.75, 3.05) is 26.3 Å². The van der Waals surface area contributed by atoms with Crippen LogP contribution in [-0.4, -0.2) is 26.3 Å². The predicted octanol–water partition coefficient (Wildman–Crippen LogP) is 2.69. The van der Waals surface area contributed by atoms with Gasteiger partial charge in [0.2, 0.25) is 0 Å². The first-order chi connectivity index (χ1) is 8.13. The Kier molecular flexibility index (Phi) is 6.99. The highest BCUT2D eigenvalue weighted by Crippen LogP contribution is 2.24. The highest BCUT2D eigenvalue weighted by Gasteiger charge is 2.10. The molecule has 1 atom stereocenters. The number of ether oxygens (including phenoxy) is 1. The third-order valence-corrected chi connectivity index (χ3v) is 3.96. The van der Waals surface area contributed by atoms with Gasteiger partial charge in [0.1, 0.15) is 0 Å². The molecule has 17 heavy (non-hydrogen) atoms. The van der Waals surface area contributed by atoms with Crippen molar-refractivity contribution in [1.29, 1.82) is 0 Å². The standard InChI is InChI=1S/C12H19BrN2OS/c1-9(2)7-16-4-3-15-11(6-14)12-5-10(13)8-17-12/h5,8,11,15H,1,3-4,6-7,14H2,2H3. The Hall–Kier alpha value is -0.200. The van der Waals surface area contributed by atoms with Crippen LogP contribution in [0.5, 0.6) is 0 Å². The van der Waals surface area contributed by atoms with Gasteiger partial charge in [-0.25, -0.2) is 0 Å². The third-order valence-electron chi connectivity index (χ3n) is 2.15. The summed E-state index contributed by atoms with van der Waals surface area (Å²) in [6.45, 7) is 8.43. The Morgan fingerprint density at radius 3 is 3.00 bits per heavy atom. The fraction of sp³-hybridized carbons (Fsp3) is 0.500. The molecule has 1 rings (SSSR count). The lowest BCUT2D eigenvalue weighted by molar-refractivity contribution is 0.155. The minimum atomic E-state index is 0.208. The summed E-state index contributed by atoms with van der Waals surface area (Å²) in [5.41, 5.74) is 6.79. The molecule has 1 aromatic rings. The van der Waals surface area contributed by atoms with E-state index in [1.54, 1.807) is 11.3 Å². The summed E-state index contributed by atoms with van der Waals surface area (Å²) < 4.78 is 6.53. The number of thiophene rings is 1. The van der Waals surface area contributed by atoms with Crippen LogP contribution in [0.2, 0.25) is 0 Å². The van der Waals surface area contributed by atoms with Crippen LogP contribution < -0.4 is 11.1 Å². The number of hydrogen-bond acceptors (Lipinski definition) is 4. The fourth-order valence-corrected chi connectivity index (χ4v) is 2.90. The lowest BCUT2D eigenvalue weighted by Crippen LogP contribution is -2.30. The zero-order valence-corrected chi connectivity index (χ0v) is 12.4. The maximum Gasteiger partial charge on any atom is 0.0672 e. The number of nitrogens with two attached hydrogens (primary N) is 1. The normalized spacial score (nSPS) is 12.6. The first kappa shape index (κ1) is 14.9. The average Bonchev–Trinajstić information content (AvgIpc) is 2.70. The fourth-order valence-electron chi connectivity index (χ4n) is 1.36. The van der Waals surface area contributed by atoms with Gasteiger partial charge in [0.15, 0.2) is 0 Å². The second-order valence-corrected chi connectivity index (χ2v) is 5.78. The Bertz CT molecular complexity index is 354. The summed E-state index contributed by atoms with van der Waals surface area (Å²) in [6, 6.07) is 2.31. The molecule has 0 bridgehead atoms. The number of halogens is 1. The van der Waals surface area contributed by atoms with Gasteiger partial charge in [0, 0.05) is 27.8 Å². The van der Waals surface area contributed by atoms with Gasteiger partial charge in [-0.1, -0.05) is 12.2 Å². The van der Waals surface area contributed by atoms with Crippen molar-refractivity contribution in [2.24, 2.45) is 5.73 Å². The van der Waals surface area contributed by atoms with Crippen LogP contribution >= 0.6 is 27.3 Å². The van der Waals surface area contributed by atoms with Crippen LogP contribution in [0.15, 0.2) is 28.1 Å². The zero-order valence-electron chi connectivity index (χ0n) is 10.0. The van der Waals surface area contributed by atoms with Crippen LogP contribution in [0.1, 0.15) is 17.8 Å². The summed E-state index contributed by atoms with van der Waals surface area (Å²) in [4.78, 5) is 1.25. The molecule has 0 saturated heterocycles. The molecule has 0 amide bonds. The summed E-state index contributed by atoms with van der Waals surface area (Å²) in [5.74, 6) is 0. The van der Waals surface area contributed by atoms with Gasteiger partial charge in [0.05, 0.1) is 19.3 Å². The highest BCUT2D eigenvalue weighted by atomic mass is 79.9. The zero-order chi connectivity index (χ0) is 12.7. The lowest BCUT2D eigenvalue weighted by atomic mass is 10.2. The predicted molar refractivity (Wildman–Crippen MR) is 77.5 cm³/mol. The topological polar surface area (TPSA) is 47.3 Å². The van der Waals surface area contributed by atoms with Gasteiger partial charge in [-0.3, -0.25) is 0 Å². The van der Waals surface area contributed by atoms with Crippen molar-refractivity contribution in [1.82, 2.24) is 5.32 Å². The Balaban J connectivity index is 2.26. The van der Waals surface area contributed by atoms with Gasteiger partial charge >= 0.3 is 0 Å². The van der Waals surface area contributed by atoms with E-state index >= 15 is 0 Å². The summed E-state index contributed by atoms with van der Waals surface area (Å²) in [7, 11) is 0. The maximum atomic E-state index is 5.75. The Morgan fingerprint density at radius 2 is 2.47 bits per heavy atom. The van der Waals surface area contributed by atoms with E-state index in [1.165, 1.54) is 4.88 Å². The molecule has 96 valence electrons. The molecule has 0 saturated carbocycles. The molecule has 0 aliphatic rings. The molecule has 0 aromatic carbocycles. The van der Waals surface area contributed by atoms with Crippen LogP contribution in [-0.2, 0) is 4.74 Å². The third kappa shape index (κ3) is 5.79. The van der Waals surface area contributed by atoms with Gasteiger partial charge in [-0.2, -0.15) is 0 Å². The van der Waals surface area contributed by atoms with E-state index in [1.807, 2.05) is 6.92 Å². The van der Waals surface area contributed by atoms with Crippen LogP contribution in [0.4, 0.5) is 0 Å².